The summed E-state index contributed by atoms with van der Waals surface area (Å²) in [4.78, 5) is 26.3. The summed E-state index contributed by atoms with van der Waals surface area (Å²) in [5.74, 6) is 0.282. The van der Waals surface area contributed by atoms with Gasteiger partial charge in [0.05, 0.1) is 11.5 Å². The largest absolute Gasteiger partial charge is 0.411 e. The number of thioether (sulfide) groups is 1. The molecule has 0 saturated carbocycles. The molecule has 0 saturated heterocycles. The first-order chi connectivity index (χ1) is 12.1. The molecular formula is C15H11N5O4S. The van der Waals surface area contributed by atoms with Crippen molar-refractivity contribution in [2.75, 3.05) is 11.9 Å². The van der Waals surface area contributed by atoms with Crippen LogP contribution in [0.2, 0.25) is 0 Å². The number of nitro groups is 1. The van der Waals surface area contributed by atoms with E-state index < -0.39 is 4.92 Å². The molecule has 0 amide bonds. The molecule has 9 nitrogen and oxygen atoms in total. The fraction of sp³-hybridized carbons (Fsp3) is 0.0667. The van der Waals surface area contributed by atoms with Gasteiger partial charge in [-0.2, -0.15) is 0 Å². The van der Waals surface area contributed by atoms with Crippen LogP contribution in [0.15, 0.2) is 58.4 Å². The molecule has 3 aromatic rings. The van der Waals surface area contributed by atoms with E-state index in [9.17, 15) is 14.9 Å². The van der Waals surface area contributed by atoms with Crippen LogP contribution in [0.5, 0.6) is 0 Å². The molecule has 0 spiro atoms. The summed E-state index contributed by atoms with van der Waals surface area (Å²) in [5, 5.41) is 21.1. The third kappa shape index (κ3) is 4.18. The molecule has 2 aromatic heterocycles. The highest BCUT2D eigenvalue weighted by atomic mass is 32.2. The Kier molecular flexibility index (Phi) is 5.00. The SMILES string of the molecule is O=C(CNc1ccccc1[N+](=O)[O-])Sc1nnc(-c2ccncc2)o1. The molecule has 0 aliphatic carbocycles. The lowest BCUT2D eigenvalue weighted by Gasteiger charge is -2.04. The van der Waals surface area contributed by atoms with Crippen molar-refractivity contribution in [1.29, 1.82) is 0 Å². The maximum Gasteiger partial charge on any atom is 0.292 e. The maximum absolute atomic E-state index is 12.0. The zero-order valence-corrected chi connectivity index (χ0v) is 13.5. The fourth-order valence-electron chi connectivity index (χ4n) is 1.95. The Hall–Kier alpha value is -3.27. The predicted molar refractivity (Wildman–Crippen MR) is 90.0 cm³/mol. The Morgan fingerprint density at radius 2 is 1.96 bits per heavy atom. The maximum atomic E-state index is 12.0. The molecule has 0 radical (unpaired) electrons. The smallest absolute Gasteiger partial charge is 0.292 e. The van der Waals surface area contributed by atoms with Crippen molar-refractivity contribution in [3.8, 4) is 11.5 Å². The summed E-state index contributed by atoms with van der Waals surface area (Å²) in [6.45, 7) is -0.123. The van der Waals surface area contributed by atoms with Crippen molar-refractivity contribution < 1.29 is 14.1 Å². The van der Waals surface area contributed by atoms with Gasteiger partial charge in [-0.25, -0.2) is 0 Å². The number of nitrogens with zero attached hydrogens (tertiary/aromatic N) is 4. The van der Waals surface area contributed by atoms with Gasteiger partial charge >= 0.3 is 0 Å². The number of benzene rings is 1. The van der Waals surface area contributed by atoms with E-state index >= 15 is 0 Å². The molecule has 1 aromatic carbocycles. The van der Waals surface area contributed by atoms with Gasteiger partial charge in [0.1, 0.15) is 5.69 Å². The molecule has 0 atom stereocenters. The first-order valence-corrected chi connectivity index (χ1v) is 7.87. The first kappa shape index (κ1) is 16.6. The predicted octanol–water partition coefficient (Wildman–Crippen LogP) is 2.77. The van der Waals surface area contributed by atoms with Gasteiger partial charge in [-0.1, -0.05) is 12.1 Å². The van der Waals surface area contributed by atoms with E-state index in [1.807, 2.05) is 0 Å². The third-order valence-electron chi connectivity index (χ3n) is 3.06. The highest BCUT2D eigenvalue weighted by Gasteiger charge is 2.16. The van der Waals surface area contributed by atoms with Gasteiger partial charge in [0.25, 0.3) is 10.9 Å². The van der Waals surface area contributed by atoms with Crippen LogP contribution in [0.1, 0.15) is 0 Å². The van der Waals surface area contributed by atoms with Crippen molar-refractivity contribution in [2.45, 2.75) is 5.22 Å². The highest BCUT2D eigenvalue weighted by Crippen LogP contribution is 2.25. The van der Waals surface area contributed by atoms with Crippen molar-refractivity contribution in [3.05, 3.63) is 58.9 Å². The topological polar surface area (TPSA) is 124 Å². The third-order valence-corrected chi connectivity index (χ3v) is 3.77. The normalized spacial score (nSPS) is 10.4. The molecule has 0 unspecified atom stereocenters. The molecule has 3 rings (SSSR count). The number of nitro benzene ring substituents is 1. The fourth-order valence-corrected chi connectivity index (χ4v) is 2.49. The number of para-hydroxylation sites is 2. The van der Waals surface area contributed by atoms with Crippen molar-refractivity contribution in [2.24, 2.45) is 0 Å². The monoisotopic (exact) mass is 357 g/mol. The van der Waals surface area contributed by atoms with E-state index in [1.54, 1.807) is 36.7 Å². The Morgan fingerprint density at radius 1 is 1.20 bits per heavy atom. The second-order valence-electron chi connectivity index (χ2n) is 4.71. The van der Waals surface area contributed by atoms with Crippen LogP contribution in [0.3, 0.4) is 0 Å². The number of hydrogen-bond acceptors (Lipinski definition) is 9. The van der Waals surface area contributed by atoms with E-state index in [0.717, 1.165) is 11.8 Å². The van der Waals surface area contributed by atoms with Crippen LogP contribution < -0.4 is 5.32 Å². The van der Waals surface area contributed by atoms with Gasteiger partial charge in [-0.05, 0) is 18.2 Å². The minimum absolute atomic E-state index is 0.0983. The Balaban J connectivity index is 1.61. The van der Waals surface area contributed by atoms with Gasteiger partial charge in [-0.15, -0.1) is 10.2 Å². The lowest BCUT2D eigenvalue weighted by Crippen LogP contribution is -2.11. The standard InChI is InChI=1S/C15H11N5O4S/c21-13(9-17-11-3-1-2-4-12(11)20(22)23)25-15-19-18-14(24-15)10-5-7-16-8-6-10/h1-8,17H,9H2. The minimum atomic E-state index is -0.515. The van der Waals surface area contributed by atoms with Crippen LogP contribution in [-0.2, 0) is 4.79 Å². The number of nitrogens with one attached hydrogen (secondary N) is 1. The first-order valence-electron chi connectivity index (χ1n) is 7.05. The number of anilines is 1. The summed E-state index contributed by atoms with van der Waals surface area (Å²) in [6.07, 6.45) is 3.18. The van der Waals surface area contributed by atoms with Gasteiger partial charge in [0, 0.05) is 35.8 Å². The van der Waals surface area contributed by atoms with Crippen LogP contribution in [0.4, 0.5) is 11.4 Å². The van der Waals surface area contributed by atoms with Gasteiger partial charge in [0.15, 0.2) is 0 Å². The molecule has 10 heteroatoms. The van der Waals surface area contributed by atoms with E-state index in [4.69, 9.17) is 4.42 Å². The van der Waals surface area contributed by atoms with E-state index in [-0.39, 0.29) is 34.1 Å². The summed E-state index contributed by atoms with van der Waals surface area (Å²) >= 11 is 0.765. The summed E-state index contributed by atoms with van der Waals surface area (Å²) in [6, 6.07) is 9.51. The summed E-state index contributed by atoms with van der Waals surface area (Å²) in [5.41, 5.74) is 0.863. The molecule has 2 heterocycles. The van der Waals surface area contributed by atoms with Crippen LogP contribution >= 0.6 is 11.8 Å². The van der Waals surface area contributed by atoms with Crippen molar-refractivity contribution >= 4 is 28.3 Å². The molecule has 0 fully saturated rings. The second kappa shape index (κ2) is 7.53. The zero-order valence-electron chi connectivity index (χ0n) is 12.7. The lowest BCUT2D eigenvalue weighted by atomic mass is 10.2. The van der Waals surface area contributed by atoms with Crippen LogP contribution in [0, 0.1) is 10.1 Å². The second-order valence-corrected chi connectivity index (χ2v) is 5.72. The molecule has 126 valence electrons. The van der Waals surface area contributed by atoms with Gasteiger partial charge in [0.2, 0.25) is 11.0 Å². The number of carbonyl (C=O) groups is 1. The molecular weight excluding hydrogens is 346 g/mol. The number of rotatable bonds is 6. The van der Waals surface area contributed by atoms with Crippen molar-refractivity contribution in [1.82, 2.24) is 15.2 Å². The Morgan fingerprint density at radius 3 is 2.72 bits per heavy atom. The lowest BCUT2D eigenvalue weighted by molar-refractivity contribution is -0.383. The number of hydrogen-bond donors (Lipinski definition) is 1. The van der Waals surface area contributed by atoms with Gasteiger partial charge in [-0.3, -0.25) is 19.9 Å². The van der Waals surface area contributed by atoms with E-state index in [2.05, 4.69) is 20.5 Å². The van der Waals surface area contributed by atoms with Crippen molar-refractivity contribution in [3.63, 3.8) is 0 Å². The molecule has 25 heavy (non-hydrogen) atoms. The quantitative estimate of drug-likeness (QED) is 0.403. The Bertz CT molecular complexity index is 900. The summed E-state index contributed by atoms with van der Waals surface area (Å²) in [7, 11) is 0. The molecule has 1 N–H and O–H groups in total. The zero-order chi connectivity index (χ0) is 17.6. The average Bonchev–Trinajstić information content (AvgIpc) is 3.09. The minimum Gasteiger partial charge on any atom is -0.411 e. The van der Waals surface area contributed by atoms with E-state index in [0.29, 0.717) is 5.56 Å². The van der Waals surface area contributed by atoms with Crippen LogP contribution in [0.25, 0.3) is 11.5 Å². The molecule has 0 bridgehead atoms. The highest BCUT2D eigenvalue weighted by molar-refractivity contribution is 8.13. The number of pyridine rings is 1. The number of carbonyl (C=O) groups excluding carboxylic acids is 1. The van der Waals surface area contributed by atoms with Crippen LogP contribution in [-0.4, -0.2) is 31.8 Å². The molecule has 0 aliphatic heterocycles. The number of aromatic nitrogens is 3. The Labute approximate surface area is 145 Å². The van der Waals surface area contributed by atoms with Gasteiger partial charge < -0.3 is 9.73 Å². The molecule has 0 aliphatic rings. The average molecular weight is 357 g/mol. The summed E-state index contributed by atoms with van der Waals surface area (Å²) < 4.78 is 5.41. The van der Waals surface area contributed by atoms with E-state index in [1.165, 1.54) is 12.1 Å².